The number of halogens is 1. The third kappa shape index (κ3) is 4.17. The van der Waals surface area contributed by atoms with Gasteiger partial charge >= 0.3 is 0 Å². The molecule has 0 spiro atoms. The van der Waals surface area contributed by atoms with Gasteiger partial charge in [0.25, 0.3) is 0 Å². The summed E-state index contributed by atoms with van der Waals surface area (Å²) in [6.07, 6.45) is 1.87. The molecular weight excluding hydrogens is 371 g/mol. The molecule has 152 valence electrons. The summed E-state index contributed by atoms with van der Waals surface area (Å²) in [6.45, 7) is 2.19. The maximum absolute atomic E-state index is 13.2. The summed E-state index contributed by atoms with van der Waals surface area (Å²) in [6, 6.07) is 16.0. The predicted octanol–water partition coefficient (Wildman–Crippen LogP) is 3.04. The Hall–Kier alpha value is -2.73. The van der Waals surface area contributed by atoms with Crippen molar-refractivity contribution in [3.63, 3.8) is 0 Å². The van der Waals surface area contributed by atoms with Gasteiger partial charge in [0.2, 0.25) is 11.8 Å². The lowest BCUT2D eigenvalue weighted by atomic mass is 9.74. The van der Waals surface area contributed by atoms with Gasteiger partial charge in [-0.15, -0.1) is 0 Å². The topological polar surface area (TPSA) is 58.6 Å². The Balaban J connectivity index is 1.42. The van der Waals surface area contributed by atoms with Crippen molar-refractivity contribution in [1.29, 1.82) is 0 Å². The monoisotopic (exact) mass is 396 g/mol. The zero-order valence-electron chi connectivity index (χ0n) is 16.3. The molecule has 5 nitrogen and oxygen atoms in total. The zero-order chi connectivity index (χ0) is 20.3. The minimum absolute atomic E-state index is 0.107. The Labute approximate surface area is 169 Å². The lowest BCUT2D eigenvalue weighted by Gasteiger charge is -2.38. The summed E-state index contributed by atoms with van der Waals surface area (Å²) in [5.41, 5.74) is 1.69. The van der Waals surface area contributed by atoms with Gasteiger partial charge in [0.05, 0.1) is 5.92 Å². The Kier molecular flexibility index (Phi) is 5.62. The number of hydrogen-bond donors (Lipinski definition) is 1. The quantitative estimate of drug-likeness (QED) is 0.845. The van der Waals surface area contributed by atoms with Crippen LogP contribution in [-0.2, 0) is 19.7 Å². The zero-order valence-corrected chi connectivity index (χ0v) is 16.3. The Morgan fingerprint density at radius 3 is 2.48 bits per heavy atom. The standard InChI is InChI=1S/C23H25FN2O3/c24-19-6-8-20(9-7-19)26-15-17(14-21(26)27)22(28)25-16-23(10-12-29-13-11-23)18-4-2-1-3-5-18/h1-9,17H,10-16H2,(H,25,28)/t17-/m1/s1. The van der Waals surface area contributed by atoms with Crippen LogP contribution in [0, 0.1) is 11.7 Å². The number of nitrogens with zero attached hydrogens (tertiary/aromatic N) is 1. The lowest BCUT2D eigenvalue weighted by Crippen LogP contribution is -2.46. The summed E-state index contributed by atoms with van der Waals surface area (Å²) >= 11 is 0. The number of carbonyl (C=O) groups excluding carboxylic acids is 2. The van der Waals surface area contributed by atoms with Crippen LogP contribution in [0.2, 0.25) is 0 Å². The van der Waals surface area contributed by atoms with Gasteiger partial charge in [-0.25, -0.2) is 4.39 Å². The smallest absolute Gasteiger partial charge is 0.227 e. The van der Waals surface area contributed by atoms with E-state index in [2.05, 4.69) is 17.4 Å². The van der Waals surface area contributed by atoms with Gasteiger partial charge in [0.1, 0.15) is 5.82 Å². The molecule has 4 rings (SSSR count). The molecule has 0 bridgehead atoms. The van der Waals surface area contributed by atoms with E-state index < -0.39 is 5.92 Å². The van der Waals surface area contributed by atoms with Gasteiger partial charge in [-0.2, -0.15) is 0 Å². The molecule has 0 saturated carbocycles. The third-order valence-electron chi connectivity index (χ3n) is 6.07. The van der Waals surface area contributed by atoms with Crippen LogP contribution < -0.4 is 10.2 Å². The Morgan fingerprint density at radius 2 is 1.79 bits per heavy atom. The fourth-order valence-electron chi connectivity index (χ4n) is 4.28. The van der Waals surface area contributed by atoms with Gasteiger partial charge in [0.15, 0.2) is 0 Å². The summed E-state index contributed by atoms with van der Waals surface area (Å²) in [7, 11) is 0. The molecule has 29 heavy (non-hydrogen) atoms. The van der Waals surface area contributed by atoms with Crippen molar-refractivity contribution < 1.29 is 18.7 Å². The van der Waals surface area contributed by atoms with Gasteiger partial charge < -0.3 is 15.0 Å². The molecule has 2 aliphatic heterocycles. The normalized spacial score (nSPS) is 21.2. The summed E-state index contributed by atoms with van der Waals surface area (Å²) < 4.78 is 18.7. The summed E-state index contributed by atoms with van der Waals surface area (Å²) in [4.78, 5) is 26.8. The van der Waals surface area contributed by atoms with Crippen LogP contribution in [0.1, 0.15) is 24.8 Å². The average Bonchev–Trinajstić information content (AvgIpc) is 3.15. The van der Waals surface area contributed by atoms with Crippen molar-refractivity contribution in [1.82, 2.24) is 5.32 Å². The number of nitrogens with one attached hydrogen (secondary N) is 1. The lowest BCUT2D eigenvalue weighted by molar-refractivity contribution is -0.126. The molecule has 2 aromatic carbocycles. The van der Waals surface area contributed by atoms with Crippen LogP contribution in [0.4, 0.5) is 10.1 Å². The summed E-state index contributed by atoms with van der Waals surface area (Å²) in [5, 5.41) is 3.10. The second kappa shape index (κ2) is 8.33. The molecule has 2 aliphatic rings. The van der Waals surface area contributed by atoms with E-state index in [1.807, 2.05) is 18.2 Å². The minimum atomic E-state index is -0.403. The highest BCUT2D eigenvalue weighted by Crippen LogP contribution is 2.34. The van der Waals surface area contributed by atoms with Crippen molar-refractivity contribution in [3.05, 3.63) is 66.0 Å². The van der Waals surface area contributed by atoms with Crippen LogP contribution in [-0.4, -0.2) is 38.1 Å². The van der Waals surface area contributed by atoms with E-state index in [1.165, 1.54) is 17.7 Å². The van der Waals surface area contributed by atoms with Gasteiger partial charge in [-0.05, 0) is 42.7 Å². The number of anilines is 1. The first kappa shape index (κ1) is 19.6. The molecule has 2 heterocycles. The van der Waals surface area contributed by atoms with Gasteiger partial charge in [0, 0.05) is 43.8 Å². The van der Waals surface area contributed by atoms with E-state index in [0.717, 1.165) is 12.8 Å². The molecule has 2 fully saturated rings. The number of rotatable bonds is 5. The van der Waals surface area contributed by atoms with Crippen LogP contribution in [0.15, 0.2) is 54.6 Å². The average molecular weight is 396 g/mol. The molecule has 1 atom stereocenters. The fourth-order valence-corrected chi connectivity index (χ4v) is 4.28. The van der Waals surface area contributed by atoms with Crippen molar-refractivity contribution >= 4 is 17.5 Å². The van der Waals surface area contributed by atoms with E-state index in [9.17, 15) is 14.0 Å². The molecule has 2 saturated heterocycles. The largest absolute Gasteiger partial charge is 0.381 e. The maximum Gasteiger partial charge on any atom is 0.227 e. The first-order chi connectivity index (χ1) is 14.1. The van der Waals surface area contributed by atoms with Crippen LogP contribution in [0.25, 0.3) is 0 Å². The first-order valence-corrected chi connectivity index (χ1v) is 10.0. The van der Waals surface area contributed by atoms with Crippen LogP contribution >= 0.6 is 0 Å². The predicted molar refractivity (Wildman–Crippen MR) is 108 cm³/mol. The highest BCUT2D eigenvalue weighted by molar-refractivity contribution is 6.00. The number of amides is 2. The molecule has 0 unspecified atom stereocenters. The highest BCUT2D eigenvalue weighted by atomic mass is 19.1. The van der Waals surface area contributed by atoms with Crippen molar-refractivity contribution in [2.75, 3.05) is 31.2 Å². The van der Waals surface area contributed by atoms with Crippen LogP contribution in [0.3, 0.4) is 0 Å². The Bertz CT molecular complexity index is 863. The van der Waals surface area contributed by atoms with E-state index in [4.69, 9.17) is 4.74 Å². The molecule has 2 amide bonds. The fraction of sp³-hybridized carbons (Fsp3) is 0.391. The van der Waals surface area contributed by atoms with Crippen molar-refractivity contribution in [3.8, 4) is 0 Å². The third-order valence-corrected chi connectivity index (χ3v) is 6.07. The second-order valence-corrected chi connectivity index (χ2v) is 7.86. The van der Waals surface area contributed by atoms with E-state index in [-0.39, 0.29) is 29.5 Å². The number of carbonyl (C=O) groups is 2. The van der Waals surface area contributed by atoms with Gasteiger partial charge in [-0.1, -0.05) is 30.3 Å². The van der Waals surface area contributed by atoms with Crippen molar-refractivity contribution in [2.24, 2.45) is 5.92 Å². The molecule has 1 N–H and O–H groups in total. The maximum atomic E-state index is 13.2. The van der Waals surface area contributed by atoms with E-state index in [0.29, 0.717) is 32.0 Å². The first-order valence-electron chi connectivity index (χ1n) is 10.0. The second-order valence-electron chi connectivity index (χ2n) is 7.86. The molecule has 0 aromatic heterocycles. The molecular formula is C23H25FN2O3. The van der Waals surface area contributed by atoms with Gasteiger partial charge in [-0.3, -0.25) is 9.59 Å². The number of ether oxygens (including phenoxy) is 1. The van der Waals surface area contributed by atoms with Crippen LogP contribution in [0.5, 0.6) is 0 Å². The molecule has 0 radical (unpaired) electrons. The van der Waals surface area contributed by atoms with E-state index >= 15 is 0 Å². The minimum Gasteiger partial charge on any atom is -0.381 e. The molecule has 6 heteroatoms. The number of benzene rings is 2. The highest BCUT2D eigenvalue weighted by Gasteiger charge is 2.38. The SMILES string of the molecule is O=C(NCC1(c2ccccc2)CCOCC1)[C@@H]1CC(=O)N(c2ccc(F)cc2)C1. The Morgan fingerprint density at radius 1 is 1.10 bits per heavy atom. The number of hydrogen-bond acceptors (Lipinski definition) is 3. The van der Waals surface area contributed by atoms with Crippen molar-refractivity contribution in [2.45, 2.75) is 24.7 Å². The van der Waals surface area contributed by atoms with E-state index in [1.54, 1.807) is 17.0 Å². The molecule has 0 aliphatic carbocycles. The molecule has 2 aromatic rings. The summed E-state index contributed by atoms with van der Waals surface area (Å²) in [5.74, 6) is -0.970.